The Kier molecular flexibility index (Phi) is 7.16. The summed E-state index contributed by atoms with van der Waals surface area (Å²) < 4.78 is 9.78. The molecule has 22 heavy (non-hydrogen) atoms. The van der Waals surface area contributed by atoms with Crippen molar-refractivity contribution >= 4 is 18.0 Å². The third kappa shape index (κ3) is 5.99. The van der Waals surface area contributed by atoms with Gasteiger partial charge >= 0.3 is 5.97 Å². The van der Waals surface area contributed by atoms with Crippen molar-refractivity contribution in [2.24, 2.45) is 5.92 Å². The van der Waals surface area contributed by atoms with Gasteiger partial charge in [0.2, 0.25) is 5.91 Å². The van der Waals surface area contributed by atoms with Gasteiger partial charge in [0.15, 0.2) is 0 Å². The third-order valence-electron chi connectivity index (χ3n) is 3.05. The minimum atomic E-state index is -0.627. The molecule has 1 aromatic carbocycles. The number of carbonyl (C=O) groups excluding carboxylic acids is 2. The molecule has 1 rings (SSSR count). The van der Waals surface area contributed by atoms with Gasteiger partial charge in [-0.15, -0.1) is 0 Å². The van der Waals surface area contributed by atoms with Gasteiger partial charge in [-0.2, -0.15) is 0 Å². The van der Waals surface area contributed by atoms with Gasteiger partial charge in [-0.25, -0.2) is 4.79 Å². The highest BCUT2D eigenvalue weighted by Gasteiger charge is 2.21. The molecule has 120 valence electrons. The minimum Gasteiger partial charge on any atom is -0.497 e. The van der Waals surface area contributed by atoms with Crippen LogP contribution in [0.25, 0.3) is 6.08 Å². The summed E-state index contributed by atoms with van der Waals surface area (Å²) in [4.78, 5) is 23.6. The molecule has 1 N–H and O–H groups in total. The lowest BCUT2D eigenvalue weighted by atomic mass is 10.0. The van der Waals surface area contributed by atoms with E-state index in [0.717, 1.165) is 11.3 Å². The van der Waals surface area contributed by atoms with E-state index in [0.29, 0.717) is 6.42 Å². The molecule has 0 fully saturated rings. The Balaban J connectivity index is 2.65. The summed E-state index contributed by atoms with van der Waals surface area (Å²) in [5.74, 6) is 0.269. The first-order valence-electron chi connectivity index (χ1n) is 7.16. The summed E-state index contributed by atoms with van der Waals surface area (Å²) >= 11 is 0. The molecule has 0 aliphatic carbocycles. The first-order chi connectivity index (χ1) is 10.5. The number of ether oxygens (including phenoxy) is 2. The van der Waals surface area contributed by atoms with E-state index in [1.54, 1.807) is 13.2 Å². The number of esters is 1. The van der Waals surface area contributed by atoms with Crippen molar-refractivity contribution in [1.82, 2.24) is 5.32 Å². The van der Waals surface area contributed by atoms with Crippen molar-refractivity contribution in [2.75, 3.05) is 14.2 Å². The third-order valence-corrected chi connectivity index (χ3v) is 3.05. The molecule has 1 amide bonds. The zero-order valence-electron chi connectivity index (χ0n) is 13.5. The molecule has 0 spiro atoms. The van der Waals surface area contributed by atoms with Crippen molar-refractivity contribution in [3.05, 3.63) is 35.9 Å². The molecule has 0 bridgehead atoms. The summed E-state index contributed by atoms with van der Waals surface area (Å²) in [6.45, 7) is 3.96. The first kappa shape index (κ1) is 17.8. The van der Waals surface area contributed by atoms with Gasteiger partial charge < -0.3 is 14.8 Å². The molecule has 0 aromatic heterocycles. The molecule has 1 unspecified atom stereocenters. The normalized spacial score (nSPS) is 12.2. The second-order valence-corrected chi connectivity index (χ2v) is 5.32. The number of hydrogen-bond donors (Lipinski definition) is 1. The first-order valence-corrected chi connectivity index (χ1v) is 7.16. The zero-order valence-corrected chi connectivity index (χ0v) is 13.5. The molecule has 0 aliphatic heterocycles. The Bertz CT molecular complexity index is 520. The monoisotopic (exact) mass is 305 g/mol. The molecule has 5 heteroatoms. The van der Waals surface area contributed by atoms with Crippen LogP contribution in [0.1, 0.15) is 25.8 Å². The van der Waals surface area contributed by atoms with E-state index in [1.165, 1.54) is 13.2 Å². The van der Waals surface area contributed by atoms with Crippen LogP contribution >= 0.6 is 0 Å². The highest BCUT2D eigenvalue weighted by atomic mass is 16.5. The molecule has 1 aromatic rings. The largest absolute Gasteiger partial charge is 0.497 e. The smallest absolute Gasteiger partial charge is 0.328 e. The number of amides is 1. The molecule has 5 nitrogen and oxygen atoms in total. The van der Waals surface area contributed by atoms with E-state index >= 15 is 0 Å². The van der Waals surface area contributed by atoms with Crippen LogP contribution in [0.2, 0.25) is 0 Å². The number of nitrogens with one attached hydrogen (secondary N) is 1. The van der Waals surface area contributed by atoms with Crippen LogP contribution in [-0.4, -0.2) is 32.1 Å². The summed E-state index contributed by atoms with van der Waals surface area (Å²) in [5, 5.41) is 2.67. The lowest BCUT2D eigenvalue weighted by Crippen LogP contribution is -2.41. The molecular formula is C17H23NO4. The standard InChI is InChI=1S/C17H23NO4/c1-12(2)11-15(17(20)22-4)18-16(19)10-7-13-5-8-14(21-3)9-6-13/h5-10,12,15H,11H2,1-4H3,(H,18,19). The molecule has 0 saturated carbocycles. The van der Waals surface area contributed by atoms with Crippen molar-refractivity contribution in [1.29, 1.82) is 0 Å². The summed E-state index contributed by atoms with van der Waals surface area (Å²) in [6, 6.07) is 6.68. The van der Waals surface area contributed by atoms with Gasteiger partial charge in [-0.3, -0.25) is 4.79 Å². The minimum absolute atomic E-state index is 0.273. The molecule has 0 saturated heterocycles. The highest BCUT2D eigenvalue weighted by Crippen LogP contribution is 2.12. The van der Waals surface area contributed by atoms with Gasteiger partial charge in [-0.05, 0) is 36.1 Å². The second kappa shape index (κ2) is 8.87. The predicted molar refractivity (Wildman–Crippen MR) is 85.4 cm³/mol. The quantitative estimate of drug-likeness (QED) is 0.620. The topological polar surface area (TPSA) is 64.6 Å². The Morgan fingerprint density at radius 1 is 1.18 bits per heavy atom. The number of methoxy groups -OCH3 is 2. The number of rotatable bonds is 7. The van der Waals surface area contributed by atoms with E-state index in [1.807, 2.05) is 38.1 Å². The van der Waals surface area contributed by atoms with Crippen LogP contribution in [0.5, 0.6) is 5.75 Å². The summed E-state index contributed by atoms with van der Waals surface area (Å²) in [5.41, 5.74) is 0.870. The van der Waals surface area contributed by atoms with E-state index < -0.39 is 12.0 Å². The van der Waals surface area contributed by atoms with Crippen LogP contribution in [0, 0.1) is 5.92 Å². The van der Waals surface area contributed by atoms with Crippen LogP contribution in [-0.2, 0) is 14.3 Å². The van der Waals surface area contributed by atoms with Crippen molar-refractivity contribution in [3.8, 4) is 5.75 Å². The summed E-state index contributed by atoms with van der Waals surface area (Å²) in [6.07, 6.45) is 3.62. The molecular weight excluding hydrogens is 282 g/mol. The van der Waals surface area contributed by atoms with E-state index in [4.69, 9.17) is 9.47 Å². The van der Waals surface area contributed by atoms with Crippen molar-refractivity contribution in [2.45, 2.75) is 26.3 Å². The van der Waals surface area contributed by atoms with Crippen molar-refractivity contribution in [3.63, 3.8) is 0 Å². The van der Waals surface area contributed by atoms with Crippen LogP contribution in [0.3, 0.4) is 0 Å². The van der Waals surface area contributed by atoms with Gasteiger partial charge in [0.1, 0.15) is 11.8 Å². The maximum Gasteiger partial charge on any atom is 0.328 e. The Labute approximate surface area is 131 Å². The molecule has 0 aliphatic rings. The number of benzene rings is 1. The lowest BCUT2D eigenvalue weighted by Gasteiger charge is -2.17. The van der Waals surface area contributed by atoms with Gasteiger partial charge in [0.05, 0.1) is 14.2 Å². The highest BCUT2D eigenvalue weighted by molar-refractivity contribution is 5.94. The maximum atomic E-state index is 11.9. The molecule has 1 atom stereocenters. The maximum absolute atomic E-state index is 11.9. The Hall–Kier alpha value is -2.30. The molecule has 0 radical (unpaired) electrons. The van der Waals surface area contributed by atoms with E-state index in [-0.39, 0.29) is 11.8 Å². The fourth-order valence-electron chi connectivity index (χ4n) is 1.93. The predicted octanol–water partition coefficient (Wildman–Crippen LogP) is 2.41. The lowest BCUT2D eigenvalue weighted by molar-refractivity contribution is -0.145. The van der Waals surface area contributed by atoms with Gasteiger partial charge in [0, 0.05) is 6.08 Å². The fourth-order valence-corrected chi connectivity index (χ4v) is 1.93. The Morgan fingerprint density at radius 3 is 2.32 bits per heavy atom. The average Bonchev–Trinajstić information content (AvgIpc) is 2.51. The SMILES string of the molecule is COC(=O)C(CC(C)C)NC(=O)C=Cc1ccc(OC)cc1. The summed E-state index contributed by atoms with van der Waals surface area (Å²) in [7, 11) is 2.91. The van der Waals surface area contributed by atoms with Crippen LogP contribution < -0.4 is 10.1 Å². The molecule has 0 heterocycles. The fraction of sp³-hybridized carbons (Fsp3) is 0.412. The van der Waals surface area contributed by atoms with Crippen LogP contribution in [0.4, 0.5) is 0 Å². The van der Waals surface area contributed by atoms with Gasteiger partial charge in [-0.1, -0.05) is 26.0 Å². The number of hydrogen-bond acceptors (Lipinski definition) is 4. The number of carbonyl (C=O) groups is 2. The van der Waals surface area contributed by atoms with E-state index in [2.05, 4.69) is 5.32 Å². The second-order valence-electron chi connectivity index (χ2n) is 5.32. The van der Waals surface area contributed by atoms with Gasteiger partial charge in [0.25, 0.3) is 0 Å². The zero-order chi connectivity index (χ0) is 16.5. The Morgan fingerprint density at radius 2 is 1.82 bits per heavy atom. The van der Waals surface area contributed by atoms with Crippen molar-refractivity contribution < 1.29 is 19.1 Å². The van der Waals surface area contributed by atoms with Crippen LogP contribution in [0.15, 0.2) is 30.3 Å². The van der Waals surface area contributed by atoms with E-state index in [9.17, 15) is 9.59 Å². The average molecular weight is 305 g/mol.